The van der Waals surface area contributed by atoms with Gasteiger partial charge in [-0.05, 0) is 68.3 Å². The fourth-order valence-corrected chi connectivity index (χ4v) is 7.75. The molecule has 1 aliphatic heterocycles. The molecule has 4 nitrogen and oxygen atoms in total. The van der Waals surface area contributed by atoms with Gasteiger partial charge in [-0.1, -0.05) is 19.4 Å². The number of aliphatic hydroxyl groups is 1. The Morgan fingerprint density at radius 1 is 1.32 bits per heavy atom. The van der Waals surface area contributed by atoms with Crippen molar-refractivity contribution in [3.63, 3.8) is 0 Å². The number of carbonyl (C=O) groups is 2. The van der Waals surface area contributed by atoms with Crippen molar-refractivity contribution in [2.75, 3.05) is 0 Å². The number of rotatable bonds is 1. The van der Waals surface area contributed by atoms with Crippen LogP contribution in [-0.2, 0) is 14.3 Å². The van der Waals surface area contributed by atoms with Gasteiger partial charge in [0.25, 0.3) is 0 Å². The number of epoxide rings is 1. The lowest BCUT2D eigenvalue weighted by Crippen LogP contribution is -2.59. The van der Waals surface area contributed by atoms with Crippen molar-refractivity contribution < 1.29 is 19.4 Å². The molecule has 0 aromatic heterocycles. The molecule has 5 aliphatic rings. The topological polar surface area (TPSA) is 66.9 Å². The zero-order chi connectivity index (χ0) is 17.8. The van der Waals surface area contributed by atoms with Crippen LogP contribution in [0.25, 0.3) is 0 Å². The number of allylic oxidation sites excluding steroid dienone is 1. The maximum Gasteiger partial charge on any atom is 0.164 e. The molecule has 0 unspecified atom stereocenters. The van der Waals surface area contributed by atoms with E-state index in [1.54, 1.807) is 6.92 Å². The van der Waals surface area contributed by atoms with Crippen LogP contribution >= 0.6 is 0 Å². The van der Waals surface area contributed by atoms with Crippen LogP contribution in [0.1, 0.15) is 59.3 Å². The molecule has 0 spiro atoms. The molecular formula is C21H28O4. The second kappa shape index (κ2) is 4.64. The standard InChI is InChI=1S/C21H28O4/c1-11(22)21-17(25-21)9-15-14-5-4-12-8-13(23)6-7-19(12,2)18(14)16(24)10-20(15,21)3/h8,14-18,24H,4-7,9-10H2,1-3H3/t14-,15-,16+,17-,18+,19-,20-,21+/m0/s1. The number of ketones is 2. The van der Waals surface area contributed by atoms with Crippen molar-refractivity contribution in [2.45, 2.75) is 77.1 Å². The largest absolute Gasteiger partial charge is 0.393 e. The van der Waals surface area contributed by atoms with E-state index in [0.717, 1.165) is 25.7 Å². The van der Waals surface area contributed by atoms with E-state index in [2.05, 4.69) is 13.8 Å². The lowest BCUT2D eigenvalue weighted by Gasteiger charge is -2.60. The summed E-state index contributed by atoms with van der Waals surface area (Å²) in [7, 11) is 0. The Morgan fingerprint density at radius 3 is 2.80 bits per heavy atom. The number of aliphatic hydroxyl groups excluding tert-OH is 1. The van der Waals surface area contributed by atoms with E-state index in [1.807, 2.05) is 6.08 Å². The molecule has 4 aliphatic carbocycles. The summed E-state index contributed by atoms with van der Waals surface area (Å²) in [6.07, 6.45) is 6.54. The molecule has 25 heavy (non-hydrogen) atoms. The quantitative estimate of drug-likeness (QED) is 0.743. The first-order chi connectivity index (χ1) is 11.7. The molecule has 0 aromatic rings. The summed E-state index contributed by atoms with van der Waals surface area (Å²) in [4.78, 5) is 24.3. The Kier molecular flexibility index (Phi) is 3.00. The zero-order valence-electron chi connectivity index (χ0n) is 15.4. The average molecular weight is 344 g/mol. The maximum absolute atomic E-state index is 12.4. The second-order valence-electron chi connectivity index (χ2n) is 9.71. The highest BCUT2D eigenvalue weighted by Gasteiger charge is 2.80. The summed E-state index contributed by atoms with van der Waals surface area (Å²) in [5.41, 5.74) is 0.317. The van der Waals surface area contributed by atoms with Gasteiger partial charge in [0, 0.05) is 11.8 Å². The van der Waals surface area contributed by atoms with Gasteiger partial charge in [0.1, 0.15) is 0 Å². The Bertz CT molecular complexity index is 711. The molecule has 0 radical (unpaired) electrons. The van der Waals surface area contributed by atoms with Gasteiger partial charge in [0.05, 0.1) is 12.2 Å². The summed E-state index contributed by atoms with van der Waals surface area (Å²) >= 11 is 0. The Hall–Kier alpha value is -1.00. The van der Waals surface area contributed by atoms with E-state index in [-0.39, 0.29) is 34.4 Å². The molecule has 4 fully saturated rings. The summed E-state index contributed by atoms with van der Waals surface area (Å²) in [5, 5.41) is 11.2. The highest BCUT2D eigenvalue weighted by Crippen LogP contribution is 2.73. The van der Waals surface area contributed by atoms with Crippen LogP contribution in [0.2, 0.25) is 0 Å². The minimum atomic E-state index is -0.636. The van der Waals surface area contributed by atoms with Gasteiger partial charge < -0.3 is 9.84 Å². The fraction of sp³-hybridized carbons (Fsp3) is 0.810. The first kappa shape index (κ1) is 16.2. The van der Waals surface area contributed by atoms with Gasteiger partial charge in [-0.25, -0.2) is 0 Å². The van der Waals surface area contributed by atoms with E-state index in [0.29, 0.717) is 24.7 Å². The number of ether oxygens (including phenoxy) is 1. The minimum Gasteiger partial charge on any atom is -0.393 e. The molecule has 1 saturated heterocycles. The first-order valence-corrected chi connectivity index (χ1v) is 9.85. The maximum atomic E-state index is 12.4. The highest BCUT2D eigenvalue weighted by molar-refractivity contribution is 5.92. The Labute approximate surface area is 149 Å². The predicted molar refractivity (Wildman–Crippen MR) is 91.8 cm³/mol. The molecule has 0 amide bonds. The first-order valence-electron chi connectivity index (χ1n) is 9.85. The Balaban J connectivity index is 1.56. The molecule has 1 N–H and O–H groups in total. The Morgan fingerprint density at radius 2 is 2.08 bits per heavy atom. The van der Waals surface area contributed by atoms with Crippen LogP contribution in [0.4, 0.5) is 0 Å². The highest BCUT2D eigenvalue weighted by atomic mass is 16.6. The van der Waals surface area contributed by atoms with Crippen LogP contribution in [0.5, 0.6) is 0 Å². The van der Waals surface area contributed by atoms with E-state index >= 15 is 0 Å². The molecule has 8 atom stereocenters. The third kappa shape index (κ3) is 1.71. The third-order valence-electron chi connectivity index (χ3n) is 8.85. The lowest BCUT2D eigenvalue weighted by atomic mass is 9.45. The average Bonchev–Trinajstić information content (AvgIpc) is 3.22. The number of hydrogen-bond acceptors (Lipinski definition) is 4. The van der Waals surface area contributed by atoms with E-state index in [1.165, 1.54) is 5.57 Å². The zero-order valence-corrected chi connectivity index (χ0v) is 15.4. The van der Waals surface area contributed by atoms with Gasteiger partial charge in [-0.3, -0.25) is 9.59 Å². The normalized spacial score (nSPS) is 56.2. The van der Waals surface area contributed by atoms with Crippen LogP contribution in [-0.4, -0.2) is 34.5 Å². The van der Waals surface area contributed by atoms with E-state index in [4.69, 9.17) is 4.74 Å². The monoisotopic (exact) mass is 344 g/mol. The van der Waals surface area contributed by atoms with Crippen molar-refractivity contribution in [1.82, 2.24) is 0 Å². The third-order valence-corrected chi connectivity index (χ3v) is 8.85. The van der Waals surface area contributed by atoms with Gasteiger partial charge in [0.15, 0.2) is 17.2 Å². The molecule has 0 aromatic carbocycles. The number of Topliss-reactive ketones (excluding diaryl/α,β-unsaturated/α-hetero) is 1. The number of carbonyl (C=O) groups excluding carboxylic acids is 2. The van der Waals surface area contributed by atoms with Crippen LogP contribution in [0, 0.1) is 28.6 Å². The van der Waals surface area contributed by atoms with Crippen LogP contribution in [0.15, 0.2) is 11.6 Å². The van der Waals surface area contributed by atoms with Gasteiger partial charge in [-0.2, -0.15) is 0 Å². The minimum absolute atomic E-state index is 0.0589. The molecule has 136 valence electrons. The SMILES string of the molecule is CC(=O)[C@@]12O[C@H]1C[C@H]1[C@@H]3CCC4=CC(=O)CC[C@]4(C)[C@H]3[C@H](O)C[C@@]12C. The predicted octanol–water partition coefficient (Wildman–Crippen LogP) is 2.83. The lowest BCUT2D eigenvalue weighted by molar-refractivity contribution is -0.158. The summed E-state index contributed by atoms with van der Waals surface area (Å²) in [6, 6.07) is 0. The molecular weight excluding hydrogens is 316 g/mol. The van der Waals surface area contributed by atoms with Gasteiger partial charge in [-0.15, -0.1) is 0 Å². The van der Waals surface area contributed by atoms with Crippen molar-refractivity contribution >= 4 is 11.6 Å². The van der Waals surface area contributed by atoms with Crippen molar-refractivity contribution in [3.8, 4) is 0 Å². The second-order valence-corrected chi connectivity index (χ2v) is 9.71. The van der Waals surface area contributed by atoms with E-state index < -0.39 is 11.7 Å². The summed E-state index contributed by atoms with van der Waals surface area (Å²) < 4.78 is 5.93. The van der Waals surface area contributed by atoms with Crippen LogP contribution in [0.3, 0.4) is 0 Å². The molecule has 3 saturated carbocycles. The molecule has 1 heterocycles. The van der Waals surface area contributed by atoms with Gasteiger partial charge >= 0.3 is 0 Å². The van der Waals surface area contributed by atoms with Crippen molar-refractivity contribution in [3.05, 3.63) is 11.6 Å². The summed E-state index contributed by atoms with van der Waals surface area (Å²) in [5.74, 6) is 1.46. The number of hydrogen-bond donors (Lipinski definition) is 1. The number of fused-ring (bicyclic) bond motifs is 7. The molecule has 5 rings (SSSR count). The summed E-state index contributed by atoms with van der Waals surface area (Å²) in [6.45, 7) is 6.10. The molecule has 4 heteroatoms. The van der Waals surface area contributed by atoms with Crippen LogP contribution < -0.4 is 0 Å². The molecule has 0 bridgehead atoms. The smallest absolute Gasteiger partial charge is 0.164 e. The van der Waals surface area contributed by atoms with E-state index in [9.17, 15) is 14.7 Å². The van der Waals surface area contributed by atoms with Crippen molar-refractivity contribution in [1.29, 1.82) is 0 Å². The van der Waals surface area contributed by atoms with Gasteiger partial charge in [0.2, 0.25) is 0 Å². The van der Waals surface area contributed by atoms with Crippen molar-refractivity contribution in [2.24, 2.45) is 28.6 Å². The fourth-order valence-electron chi connectivity index (χ4n) is 7.75.